The molecule has 2 fully saturated rings. The Bertz CT molecular complexity index is 332. The molecule has 3 atom stereocenters. The minimum absolute atomic E-state index is 0.0664. The standard InChI is InChI=1S/C13H21F3N2O/c14-13(15,16)11-6-2-1-5-10(11)12(19)18-7-3-4-9(18)8-17/h9-11H,1-8,17H2. The molecular weight excluding hydrogens is 257 g/mol. The van der Waals surface area contributed by atoms with E-state index in [9.17, 15) is 18.0 Å². The molecule has 6 heteroatoms. The first kappa shape index (κ1) is 14.6. The van der Waals surface area contributed by atoms with Crippen LogP contribution < -0.4 is 5.73 Å². The molecule has 1 saturated carbocycles. The van der Waals surface area contributed by atoms with Gasteiger partial charge in [-0.15, -0.1) is 0 Å². The summed E-state index contributed by atoms with van der Waals surface area (Å²) in [4.78, 5) is 14.0. The van der Waals surface area contributed by atoms with E-state index < -0.39 is 18.0 Å². The second-order valence-electron chi connectivity index (χ2n) is 5.60. The van der Waals surface area contributed by atoms with Crippen molar-refractivity contribution in [1.82, 2.24) is 4.90 Å². The van der Waals surface area contributed by atoms with Gasteiger partial charge in [0.2, 0.25) is 5.91 Å². The molecule has 2 N–H and O–H groups in total. The highest BCUT2D eigenvalue weighted by Gasteiger charge is 2.49. The highest BCUT2D eigenvalue weighted by Crippen LogP contribution is 2.42. The quantitative estimate of drug-likeness (QED) is 0.842. The summed E-state index contributed by atoms with van der Waals surface area (Å²) in [5, 5.41) is 0. The van der Waals surface area contributed by atoms with E-state index in [-0.39, 0.29) is 18.4 Å². The average Bonchev–Trinajstić information content (AvgIpc) is 2.85. The van der Waals surface area contributed by atoms with Crippen molar-refractivity contribution >= 4 is 5.91 Å². The van der Waals surface area contributed by atoms with E-state index in [0.717, 1.165) is 12.8 Å². The molecule has 1 saturated heterocycles. The second kappa shape index (κ2) is 5.69. The summed E-state index contributed by atoms with van der Waals surface area (Å²) < 4.78 is 39.1. The molecule has 0 aromatic heterocycles. The summed E-state index contributed by atoms with van der Waals surface area (Å²) in [5.41, 5.74) is 5.60. The van der Waals surface area contributed by atoms with Crippen molar-refractivity contribution in [2.24, 2.45) is 17.6 Å². The van der Waals surface area contributed by atoms with E-state index >= 15 is 0 Å². The molecule has 19 heavy (non-hydrogen) atoms. The Balaban J connectivity index is 2.11. The molecule has 0 spiro atoms. The van der Waals surface area contributed by atoms with E-state index in [1.54, 1.807) is 4.90 Å². The normalized spacial score (nSPS) is 32.6. The van der Waals surface area contributed by atoms with Crippen LogP contribution in [0.3, 0.4) is 0 Å². The maximum absolute atomic E-state index is 13.0. The monoisotopic (exact) mass is 278 g/mol. The van der Waals surface area contributed by atoms with Crippen molar-refractivity contribution in [3.05, 3.63) is 0 Å². The first-order chi connectivity index (χ1) is 8.95. The highest BCUT2D eigenvalue weighted by molar-refractivity contribution is 5.80. The van der Waals surface area contributed by atoms with Gasteiger partial charge in [0.05, 0.1) is 5.92 Å². The number of amides is 1. The fourth-order valence-electron chi connectivity index (χ4n) is 3.40. The molecule has 1 amide bonds. The zero-order valence-corrected chi connectivity index (χ0v) is 11.0. The number of halogens is 3. The molecule has 3 unspecified atom stereocenters. The second-order valence-corrected chi connectivity index (χ2v) is 5.60. The molecule has 0 bridgehead atoms. The van der Waals surface area contributed by atoms with Gasteiger partial charge in [-0.2, -0.15) is 13.2 Å². The van der Waals surface area contributed by atoms with Crippen LogP contribution in [-0.2, 0) is 4.79 Å². The Hall–Kier alpha value is -0.780. The third-order valence-electron chi connectivity index (χ3n) is 4.44. The van der Waals surface area contributed by atoms with Crippen molar-refractivity contribution in [1.29, 1.82) is 0 Å². The van der Waals surface area contributed by atoms with E-state index in [2.05, 4.69) is 0 Å². The zero-order valence-electron chi connectivity index (χ0n) is 11.0. The molecule has 110 valence electrons. The number of carbonyl (C=O) groups excluding carboxylic acids is 1. The lowest BCUT2D eigenvalue weighted by atomic mass is 9.78. The van der Waals surface area contributed by atoms with Crippen molar-refractivity contribution in [2.75, 3.05) is 13.1 Å². The summed E-state index contributed by atoms with van der Waals surface area (Å²) in [7, 11) is 0. The first-order valence-electron chi connectivity index (χ1n) is 7.02. The Morgan fingerprint density at radius 2 is 1.84 bits per heavy atom. The first-order valence-corrected chi connectivity index (χ1v) is 7.02. The van der Waals surface area contributed by atoms with Crippen molar-refractivity contribution in [3.63, 3.8) is 0 Å². The average molecular weight is 278 g/mol. The van der Waals surface area contributed by atoms with Crippen LogP contribution in [0, 0.1) is 11.8 Å². The molecule has 3 nitrogen and oxygen atoms in total. The number of rotatable bonds is 2. The van der Waals surface area contributed by atoms with Gasteiger partial charge in [-0.25, -0.2) is 0 Å². The van der Waals surface area contributed by atoms with Gasteiger partial charge in [0, 0.05) is 25.0 Å². The predicted molar refractivity (Wildman–Crippen MR) is 65.3 cm³/mol. The van der Waals surface area contributed by atoms with Gasteiger partial charge in [-0.3, -0.25) is 4.79 Å². The maximum Gasteiger partial charge on any atom is 0.392 e. The molecule has 1 heterocycles. The highest BCUT2D eigenvalue weighted by atomic mass is 19.4. The maximum atomic E-state index is 13.0. The van der Waals surface area contributed by atoms with Crippen LogP contribution in [0.15, 0.2) is 0 Å². The van der Waals surface area contributed by atoms with Gasteiger partial charge < -0.3 is 10.6 Å². The van der Waals surface area contributed by atoms with Gasteiger partial charge in [0.15, 0.2) is 0 Å². The summed E-state index contributed by atoms with van der Waals surface area (Å²) in [5.74, 6) is -2.68. The minimum Gasteiger partial charge on any atom is -0.338 e. The number of alkyl halides is 3. The number of likely N-dealkylation sites (tertiary alicyclic amines) is 1. The molecule has 1 aliphatic carbocycles. The van der Waals surface area contributed by atoms with Gasteiger partial charge in [-0.05, 0) is 25.7 Å². The zero-order chi connectivity index (χ0) is 14.0. The summed E-state index contributed by atoms with van der Waals surface area (Å²) >= 11 is 0. The number of hydrogen-bond donors (Lipinski definition) is 1. The van der Waals surface area contributed by atoms with Crippen molar-refractivity contribution in [2.45, 2.75) is 50.7 Å². The minimum atomic E-state index is -4.27. The van der Waals surface area contributed by atoms with E-state index in [1.807, 2.05) is 0 Å². The van der Waals surface area contributed by atoms with Crippen LogP contribution >= 0.6 is 0 Å². The lowest BCUT2D eigenvalue weighted by Gasteiger charge is -2.36. The van der Waals surface area contributed by atoms with Gasteiger partial charge in [0.25, 0.3) is 0 Å². The lowest BCUT2D eigenvalue weighted by molar-refractivity contribution is -0.201. The third kappa shape index (κ3) is 3.04. The Kier molecular flexibility index (Phi) is 4.38. The number of nitrogens with two attached hydrogens (primary N) is 1. The summed E-state index contributed by atoms with van der Waals surface area (Å²) in [6.07, 6.45) is -0.891. The molecule has 0 radical (unpaired) electrons. The smallest absolute Gasteiger partial charge is 0.338 e. The fourth-order valence-corrected chi connectivity index (χ4v) is 3.40. The van der Waals surface area contributed by atoms with E-state index in [4.69, 9.17) is 5.73 Å². The van der Waals surface area contributed by atoms with Crippen LogP contribution in [0.25, 0.3) is 0 Å². The molecule has 2 rings (SSSR count). The van der Waals surface area contributed by atoms with Crippen LogP contribution in [0.4, 0.5) is 13.2 Å². The topological polar surface area (TPSA) is 46.3 Å². The van der Waals surface area contributed by atoms with Gasteiger partial charge in [-0.1, -0.05) is 12.8 Å². The van der Waals surface area contributed by atoms with E-state index in [0.29, 0.717) is 32.4 Å². The third-order valence-corrected chi connectivity index (χ3v) is 4.44. The van der Waals surface area contributed by atoms with Crippen molar-refractivity contribution < 1.29 is 18.0 Å². The Morgan fingerprint density at radius 3 is 2.47 bits per heavy atom. The number of carbonyl (C=O) groups is 1. The Labute approximate surface area is 111 Å². The van der Waals surface area contributed by atoms with Crippen LogP contribution in [0.5, 0.6) is 0 Å². The summed E-state index contributed by atoms with van der Waals surface area (Å²) in [6.45, 7) is 0.900. The lowest BCUT2D eigenvalue weighted by Crippen LogP contribution is -2.48. The van der Waals surface area contributed by atoms with Gasteiger partial charge >= 0.3 is 6.18 Å². The van der Waals surface area contributed by atoms with Crippen LogP contribution in [-0.4, -0.2) is 36.1 Å². The number of hydrogen-bond acceptors (Lipinski definition) is 2. The fraction of sp³-hybridized carbons (Fsp3) is 0.923. The molecule has 0 aromatic rings. The largest absolute Gasteiger partial charge is 0.392 e. The van der Waals surface area contributed by atoms with E-state index in [1.165, 1.54) is 0 Å². The molecule has 2 aliphatic rings. The molecule has 1 aliphatic heterocycles. The molecular formula is C13H21F3N2O. The van der Waals surface area contributed by atoms with Crippen molar-refractivity contribution in [3.8, 4) is 0 Å². The number of nitrogens with zero attached hydrogens (tertiary/aromatic N) is 1. The predicted octanol–water partition coefficient (Wildman–Crippen LogP) is 2.30. The van der Waals surface area contributed by atoms with Crippen LogP contribution in [0.2, 0.25) is 0 Å². The summed E-state index contributed by atoms with van der Waals surface area (Å²) in [6, 6.07) is -0.0664. The SMILES string of the molecule is NCC1CCCN1C(=O)C1CCCCC1C(F)(F)F. The van der Waals surface area contributed by atoms with Crippen LogP contribution in [0.1, 0.15) is 38.5 Å². The van der Waals surface area contributed by atoms with Gasteiger partial charge in [0.1, 0.15) is 0 Å². The molecule has 0 aromatic carbocycles. The Morgan fingerprint density at radius 1 is 1.16 bits per heavy atom.